The van der Waals surface area contributed by atoms with E-state index in [1.807, 2.05) is 0 Å². The third-order valence-electron chi connectivity index (χ3n) is 11.8. The van der Waals surface area contributed by atoms with Gasteiger partial charge in [0.15, 0.2) is 5.71 Å². The summed E-state index contributed by atoms with van der Waals surface area (Å²) in [5, 5.41) is 14.7. The zero-order valence-corrected chi connectivity index (χ0v) is 28.7. The van der Waals surface area contributed by atoms with E-state index in [0.29, 0.717) is 0 Å². The molecule has 244 valence electrons. The highest BCUT2D eigenvalue weighted by Crippen LogP contribution is 2.55. The molecule has 4 aliphatic heterocycles. The Morgan fingerprint density at radius 1 is 0.854 bits per heavy atom. The van der Waals surface area contributed by atoms with Crippen molar-refractivity contribution >= 4 is 44.6 Å². The highest BCUT2D eigenvalue weighted by molar-refractivity contribution is 6.06. The topological polar surface area (TPSA) is 43.6 Å². The standard InChI is InChI=1S/C44H46N2O2/c1-43(2)36-28-30-16-9-11-18-32(30)34-20-14-26-45(41(34)36)38(43)22-6-4-7-23-39-44(3,25-13-5-8-24-40(47)48)37-29-31-17-10-12-19-33(31)35-21-15-27-46(39)42(35)37/h4,6-7,9-12,16-19,22-23,28-29H,5,8,13-15,20-21,24-27H2,1-3H3/p+1. The average Bonchev–Trinajstić information content (AvgIpc) is 3.45. The van der Waals surface area contributed by atoms with E-state index in [2.05, 4.69) is 121 Å². The Balaban J connectivity index is 1.13. The molecule has 4 heterocycles. The Kier molecular flexibility index (Phi) is 7.66. The summed E-state index contributed by atoms with van der Waals surface area (Å²) in [5.41, 5.74) is 11.4. The van der Waals surface area contributed by atoms with Crippen LogP contribution in [0.4, 0.5) is 11.4 Å². The monoisotopic (exact) mass is 635 g/mol. The van der Waals surface area contributed by atoms with Gasteiger partial charge < -0.3 is 10.0 Å². The van der Waals surface area contributed by atoms with E-state index in [1.54, 1.807) is 0 Å². The van der Waals surface area contributed by atoms with E-state index in [-0.39, 0.29) is 17.3 Å². The van der Waals surface area contributed by atoms with E-state index >= 15 is 0 Å². The fourth-order valence-electron chi connectivity index (χ4n) is 9.41. The highest BCUT2D eigenvalue weighted by atomic mass is 16.4. The maximum absolute atomic E-state index is 11.2. The first kappa shape index (κ1) is 30.9. The number of allylic oxidation sites excluding steroid dienone is 6. The fraction of sp³-hybridized carbons (Fsp3) is 0.364. The first-order valence-electron chi connectivity index (χ1n) is 18.1. The summed E-state index contributed by atoms with van der Waals surface area (Å²) in [4.78, 5) is 13.8. The van der Waals surface area contributed by atoms with Crippen LogP contribution in [0.2, 0.25) is 0 Å². The SMILES string of the molecule is CC1(C)C(/C=C/C=C/C=C2\N3CCCc4c3c(cc3ccccc43)C2(C)CCCCCC(=O)O)=[N+]2CCCc3c2c1cc1ccccc31. The lowest BCUT2D eigenvalue weighted by molar-refractivity contribution is -0.443. The molecule has 0 saturated carbocycles. The van der Waals surface area contributed by atoms with Gasteiger partial charge in [-0.05, 0) is 104 Å². The third kappa shape index (κ3) is 4.86. The lowest BCUT2D eigenvalue weighted by atomic mass is 9.76. The van der Waals surface area contributed by atoms with Crippen molar-refractivity contribution in [2.45, 2.75) is 89.4 Å². The van der Waals surface area contributed by atoms with Crippen molar-refractivity contribution in [3.63, 3.8) is 0 Å². The number of carbonyl (C=O) groups is 1. The van der Waals surface area contributed by atoms with Crippen LogP contribution in [0.1, 0.15) is 88.0 Å². The van der Waals surface area contributed by atoms with Crippen molar-refractivity contribution < 1.29 is 14.5 Å². The predicted octanol–water partition coefficient (Wildman–Crippen LogP) is 10.1. The number of hydrogen-bond donors (Lipinski definition) is 1. The summed E-state index contributed by atoms with van der Waals surface area (Å²) in [6.07, 6.45) is 20.0. The average molecular weight is 636 g/mol. The van der Waals surface area contributed by atoms with Gasteiger partial charge in [-0.15, -0.1) is 0 Å². The van der Waals surface area contributed by atoms with Gasteiger partial charge >= 0.3 is 5.97 Å². The number of carboxylic acids is 1. The molecule has 4 heteroatoms. The predicted molar refractivity (Wildman–Crippen MR) is 199 cm³/mol. The Labute approximate surface area is 284 Å². The van der Waals surface area contributed by atoms with Crippen molar-refractivity contribution in [3.05, 3.63) is 119 Å². The van der Waals surface area contributed by atoms with E-state index in [9.17, 15) is 9.90 Å². The molecule has 4 aliphatic rings. The van der Waals surface area contributed by atoms with Crippen LogP contribution in [0.25, 0.3) is 21.5 Å². The normalized spacial score (nSPS) is 21.7. The number of unbranched alkanes of at least 4 members (excludes halogenated alkanes) is 2. The molecule has 4 aromatic carbocycles. The number of aryl methyl sites for hydroxylation is 2. The number of nitrogens with zero attached hydrogens (tertiary/aromatic N) is 2. The molecule has 0 spiro atoms. The summed E-state index contributed by atoms with van der Waals surface area (Å²) >= 11 is 0. The Morgan fingerprint density at radius 2 is 1.56 bits per heavy atom. The molecular weight excluding hydrogens is 588 g/mol. The van der Waals surface area contributed by atoms with Crippen LogP contribution in [0.5, 0.6) is 0 Å². The summed E-state index contributed by atoms with van der Waals surface area (Å²) in [6.45, 7) is 9.31. The van der Waals surface area contributed by atoms with Crippen LogP contribution < -0.4 is 4.90 Å². The Hall–Kier alpha value is -4.44. The molecule has 1 N–H and O–H groups in total. The molecule has 8 rings (SSSR count). The maximum Gasteiger partial charge on any atom is 0.303 e. The molecule has 4 nitrogen and oxygen atoms in total. The first-order valence-corrected chi connectivity index (χ1v) is 18.1. The van der Waals surface area contributed by atoms with Crippen LogP contribution in [-0.4, -0.2) is 34.5 Å². The molecule has 1 atom stereocenters. The molecule has 0 saturated heterocycles. The van der Waals surface area contributed by atoms with Crippen LogP contribution in [0.3, 0.4) is 0 Å². The van der Waals surface area contributed by atoms with Gasteiger partial charge in [-0.1, -0.05) is 79.6 Å². The van der Waals surface area contributed by atoms with Crippen molar-refractivity contribution in [2.75, 3.05) is 18.0 Å². The van der Waals surface area contributed by atoms with E-state index in [1.165, 1.54) is 73.0 Å². The summed E-state index contributed by atoms with van der Waals surface area (Å²) in [5.74, 6) is -0.698. The van der Waals surface area contributed by atoms with E-state index in [4.69, 9.17) is 0 Å². The molecular formula is C44H47N2O2+. The van der Waals surface area contributed by atoms with E-state index < -0.39 is 5.97 Å². The number of hydrogen-bond acceptors (Lipinski definition) is 2. The van der Waals surface area contributed by atoms with E-state index in [0.717, 1.165) is 58.0 Å². The number of anilines is 1. The lowest BCUT2D eigenvalue weighted by Crippen LogP contribution is -2.31. The number of aliphatic carboxylic acids is 1. The smallest absolute Gasteiger partial charge is 0.303 e. The van der Waals surface area contributed by atoms with Crippen LogP contribution >= 0.6 is 0 Å². The second kappa shape index (κ2) is 11.9. The molecule has 1 unspecified atom stereocenters. The number of rotatable bonds is 9. The van der Waals surface area contributed by atoms with Crippen molar-refractivity contribution in [3.8, 4) is 0 Å². The molecule has 0 aliphatic carbocycles. The van der Waals surface area contributed by atoms with Crippen molar-refractivity contribution in [1.29, 1.82) is 0 Å². The fourth-order valence-corrected chi connectivity index (χ4v) is 9.41. The van der Waals surface area contributed by atoms with Gasteiger partial charge in [-0.25, -0.2) is 0 Å². The minimum absolute atomic E-state index is 0.0558. The van der Waals surface area contributed by atoms with Crippen LogP contribution in [0.15, 0.2) is 96.7 Å². The molecule has 0 radical (unpaired) electrons. The molecule has 4 aromatic rings. The zero-order valence-electron chi connectivity index (χ0n) is 28.7. The Bertz CT molecular complexity index is 2090. The quantitative estimate of drug-likeness (QED) is 0.113. The van der Waals surface area contributed by atoms with Gasteiger partial charge in [0.25, 0.3) is 0 Å². The van der Waals surface area contributed by atoms with Crippen molar-refractivity contribution in [1.82, 2.24) is 0 Å². The minimum atomic E-state index is -0.698. The van der Waals surface area contributed by atoms with Gasteiger partial charge in [0.1, 0.15) is 6.54 Å². The molecule has 0 bridgehead atoms. The summed E-state index contributed by atoms with van der Waals surface area (Å²) in [6, 6.07) is 22.7. The molecule has 0 aromatic heterocycles. The van der Waals surface area contributed by atoms with Gasteiger partial charge in [-0.2, -0.15) is 4.58 Å². The summed E-state index contributed by atoms with van der Waals surface area (Å²) in [7, 11) is 0. The largest absolute Gasteiger partial charge is 0.481 e. The second-order valence-corrected chi connectivity index (χ2v) is 15.0. The van der Waals surface area contributed by atoms with Crippen molar-refractivity contribution in [2.24, 2.45) is 0 Å². The second-order valence-electron chi connectivity index (χ2n) is 15.0. The minimum Gasteiger partial charge on any atom is -0.481 e. The highest BCUT2D eigenvalue weighted by Gasteiger charge is 2.48. The van der Waals surface area contributed by atoms with Crippen LogP contribution in [-0.2, 0) is 28.5 Å². The number of carboxylic acid groups (broad SMARTS) is 1. The van der Waals surface area contributed by atoms with Crippen LogP contribution in [0, 0.1) is 0 Å². The third-order valence-corrected chi connectivity index (χ3v) is 11.8. The van der Waals surface area contributed by atoms with Gasteiger partial charge in [0.05, 0.1) is 5.41 Å². The summed E-state index contributed by atoms with van der Waals surface area (Å²) < 4.78 is 2.60. The number of fused-ring (bicyclic) bond motifs is 4. The lowest BCUT2D eigenvalue weighted by Gasteiger charge is -2.32. The number of benzene rings is 4. The maximum atomic E-state index is 11.2. The molecule has 48 heavy (non-hydrogen) atoms. The molecule has 0 amide bonds. The van der Waals surface area contributed by atoms with Gasteiger partial charge in [0.2, 0.25) is 5.69 Å². The Morgan fingerprint density at radius 3 is 2.33 bits per heavy atom. The zero-order chi connectivity index (χ0) is 33.0. The first-order chi connectivity index (χ1) is 23.3. The molecule has 0 fully saturated rings. The van der Waals surface area contributed by atoms with Gasteiger partial charge in [-0.3, -0.25) is 4.79 Å². The van der Waals surface area contributed by atoms with Gasteiger partial charge in [0, 0.05) is 53.4 Å².